The molecule has 4 heteroatoms. The van der Waals surface area contributed by atoms with Crippen molar-refractivity contribution in [1.29, 1.82) is 0 Å². The van der Waals surface area contributed by atoms with Crippen molar-refractivity contribution in [2.24, 2.45) is 5.92 Å². The van der Waals surface area contributed by atoms with E-state index < -0.39 is 0 Å². The fourth-order valence-corrected chi connectivity index (χ4v) is 2.56. The summed E-state index contributed by atoms with van der Waals surface area (Å²) in [4.78, 5) is 10.7. The van der Waals surface area contributed by atoms with E-state index in [0.29, 0.717) is 12.0 Å². The van der Waals surface area contributed by atoms with Gasteiger partial charge in [-0.2, -0.15) is 0 Å². The molecule has 0 heterocycles. The third kappa shape index (κ3) is 4.93. The van der Waals surface area contributed by atoms with Crippen LogP contribution in [0.15, 0.2) is 24.3 Å². The van der Waals surface area contributed by atoms with Crippen LogP contribution in [0.1, 0.15) is 45.6 Å². The molecule has 0 fully saturated rings. The highest BCUT2D eigenvalue weighted by molar-refractivity contribution is 5.39. The minimum absolute atomic E-state index is 0.245. The zero-order valence-electron chi connectivity index (χ0n) is 12.8. The lowest BCUT2D eigenvalue weighted by atomic mass is 9.92. The largest absolute Gasteiger partial charge is 0.314 e. The highest BCUT2D eigenvalue weighted by atomic mass is 16.6. The maximum Gasteiger partial charge on any atom is 0.272 e. The van der Waals surface area contributed by atoms with Crippen LogP contribution in [0.25, 0.3) is 0 Å². The van der Waals surface area contributed by atoms with Crippen LogP contribution in [0.5, 0.6) is 0 Å². The molecule has 112 valence electrons. The smallest absolute Gasteiger partial charge is 0.272 e. The molecule has 0 saturated heterocycles. The van der Waals surface area contributed by atoms with Gasteiger partial charge in [-0.05, 0) is 38.1 Å². The highest BCUT2D eigenvalue weighted by Crippen LogP contribution is 2.22. The standard InChI is InChI=1S/C16H26N2O2/c1-4-12-17-15(5-2)13(3)10-11-14-8-6-7-9-16(14)18(19)20/h6-9,13,15,17H,4-5,10-12H2,1-3H3. The first-order valence-electron chi connectivity index (χ1n) is 7.55. The van der Waals surface area contributed by atoms with Crippen LogP contribution < -0.4 is 5.32 Å². The number of rotatable bonds is 9. The van der Waals surface area contributed by atoms with Gasteiger partial charge < -0.3 is 5.32 Å². The molecule has 1 N–H and O–H groups in total. The zero-order chi connectivity index (χ0) is 15.0. The lowest BCUT2D eigenvalue weighted by molar-refractivity contribution is -0.385. The molecule has 1 aromatic carbocycles. The normalized spacial score (nSPS) is 13.9. The van der Waals surface area contributed by atoms with E-state index in [2.05, 4.69) is 26.1 Å². The van der Waals surface area contributed by atoms with Crippen molar-refractivity contribution >= 4 is 5.69 Å². The van der Waals surface area contributed by atoms with Gasteiger partial charge >= 0.3 is 0 Å². The molecule has 4 nitrogen and oxygen atoms in total. The van der Waals surface area contributed by atoms with Gasteiger partial charge in [-0.1, -0.05) is 39.0 Å². The zero-order valence-corrected chi connectivity index (χ0v) is 12.8. The minimum atomic E-state index is -0.285. The van der Waals surface area contributed by atoms with Crippen molar-refractivity contribution in [3.63, 3.8) is 0 Å². The molecule has 0 aliphatic heterocycles. The van der Waals surface area contributed by atoms with Gasteiger partial charge in [0.2, 0.25) is 0 Å². The summed E-state index contributed by atoms with van der Waals surface area (Å²) in [5.74, 6) is 0.520. The number of nitrogens with zero attached hydrogens (tertiary/aromatic N) is 1. The van der Waals surface area contributed by atoms with E-state index in [1.54, 1.807) is 12.1 Å². The van der Waals surface area contributed by atoms with E-state index in [1.165, 1.54) is 0 Å². The topological polar surface area (TPSA) is 55.2 Å². The average molecular weight is 278 g/mol. The summed E-state index contributed by atoms with van der Waals surface area (Å²) in [5, 5.41) is 14.5. The summed E-state index contributed by atoms with van der Waals surface area (Å²) in [5.41, 5.74) is 1.09. The number of aryl methyl sites for hydroxylation is 1. The Balaban J connectivity index is 2.59. The van der Waals surface area contributed by atoms with E-state index in [-0.39, 0.29) is 10.6 Å². The summed E-state index contributed by atoms with van der Waals surface area (Å²) in [7, 11) is 0. The molecule has 2 atom stereocenters. The third-order valence-corrected chi connectivity index (χ3v) is 3.84. The summed E-state index contributed by atoms with van der Waals surface area (Å²) in [6.45, 7) is 7.62. The Hall–Kier alpha value is -1.42. The number of nitrogens with one attached hydrogen (secondary N) is 1. The molecule has 0 spiro atoms. The maximum absolute atomic E-state index is 11.0. The van der Waals surface area contributed by atoms with E-state index >= 15 is 0 Å². The summed E-state index contributed by atoms with van der Waals surface area (Å²) >= 11 is 0. The van der Waals surface area contributed by atoms with Crippen molar-refractivity contribution < 1.29 is 4.92 Å². The molecule has 0 radical (unpaired) electrons. The molecule has 2 unspecified atom stereocenters. The molecule has 1 rings (SSSR count). The molecule has 0 aliphatic carbocycles. The second-order valence-electron chi connectivity index (χ2n) is 5.37. The van der Waals surface area contributed by atoms with Gasteiger partial charge in [0.1, 0.15) is 0 Å². The Morgan fingerprint density at radius 1 is 1.30 bits per heavy atom. The lowest BCUT2D eigenvalue weighted by Gasteiger charge is -2.24. The van der Waals surface area contributed by atoms with Gasteiger partial charge in [0.25, 0.3) is 5.69 Å². The molecule has 0 aromatic heterocycles. The van der Waals surface area contributed by atoms with Crippen LogP contribution in [-0.4, -0.2) is 17.5 Å². The van der Waals surface area contributed by atoms with Crippen molar-refractivity contribution in [2.75, 3.05) is 6.54 Å². The van der Waals surface area contributed by atoms with Crippen LogP contribution in [0.2, 0.25) is 0 Å². The van der Waals surface area contributed by atoms with E-state index in [4.69, 9.17) is 0 Å². The number of nitro groups is 1. The van der Waals surface area contributed by atoms with Crippen LogP contribution in [0.4, 0.5) is 5.69 Å². The first-order valence-corrected chi connectivity index (χ1v) is 7.55. The third-order valence-electron chi connectivity index (χ3n) is 3.84. The Labute approximate surface area is 121 Å². The Bertz CT molecular complexity index is 421. The predicted octanol–water partition coefficient (Wildman–Crippen LogP) is 3.94. The van der Waals surface area contributed by atoms with E-state index in [0.717, 1.165) is 37.8 Å². The number of para-hydroxylation sites is 1. The summed E-state index contributed by atoms with van der Waals surface area (Å²) in [6, 6.07) is 7.55. The van der Waals surface area contributed by atoms with Gasteiger partial charge in [-0.25, -0.2) is 0 Å². The Morgan fingerprint density at radius 3 is 2.60 bits per heavy atom. The first-order chi connectivity index (χ1) is 9.60. The van der Waals surface area contributed by atoms with Crippen molar-refractivity contribution in [2.45, 2.75) is 52.5 Å². The number of nitro benzene ring substituents is 1. The van der Waals surface area contributed by atoms with Crippen LogP contribution in [-0.2, 0) is 6.42 Å². The quantitative estimate of drug-likeness (QED) is 0.550. The highest BCUT2D eigenvalue weighted by Gasteiger charge is 2.17. The van der Waals surface area contributed by atoms with Gasteiger partial charge in [-0.3, -0.25) is 10.1 Å². The van der Waals surface area contributed by atoms with E-state index in [1.807, 2.05) is 12.1 Å². The maximum atomic E-state index is 11.0. The van der Waals surface area contributed by atoms with Crippen molar-refractivity contribution in [3.05, 3.63) is 39.9 Å². The fraction of sp³-hybridized carbons (Fsp3) is 0.625. The molecule has 0 saturated carbocycles. The predicted molar refractivity (Wildman–Crippen MR) is 83.0 cm³/mol. The monoisotopic (exact) mass is 278 g/mol. The molecular formula is C16H26N2O2. The van der Waals surface area contributed by atoms with Crippen molar-refractivity contribution in [3.8, 4) is 0 Å². The SMILES string of the molecule is CCCNC(CC)C(C)CCc1ccccc1[N+](=O)[O-]. The van der Waals surface area contributed by atoms with Crippen molar-refractivity contribution in [1.82, 2.24) is 5.32 Å². The minimum Gasteiger partial charge on any atom is -0.314 e. The molecule has 1 aromatic rings. The molecule has 0 amide bonds. The first kappa shape index (κ1) is 16.6. The lowest BCUT2D eigenvalue weighted by Crippen LogP contribution is -2.35. The summed E-state index contributed by atoms with van der Waals surface area (Å²) in [6.07, 6.45) is 3.97. The molecule has 20 heavy (non-hydrogen) atoms. The van der Waals surface area contributed by atoms with Gasteiger partial charge in [0, 0.05) is 17.7 Å². The summed E-state index contributed by atoms with van der Waals surface area (Å²) < 4.78 is 0. The molecule has 0 bridgehead atoms. The Morgan fingerprint density at radius 2 is 2.00 bits per heavy atom. The second kappa shape index (κ2) is 8.69. The molecular weight excluding hydrogens is 252 g/mol. The van der Waals surface area contributed by atoms with Crippen LogP contribution >= 0.6 is 0 Å². The second-order valence-corrected chi connectivity index (χ2v) is 5.37. The number of hydrogen-bond donors (Lipinski definition) is 1. The number of benzene rings is 1. The van der Waals surface area contributed by atoms with Crippen LogP contribution in [0, 0.1) is 16.0 Å². The number of hydrogen-bond acceptors (Lipinski definition) is 3. The molecule has 0 aliphatic rings. The Kier molecular flexibility index (Phi) is 7.23. The average Bonchev–Trinajstić information content (AvgIpc) is 2.46. The van der Waals surface area contributed by atoms with Crippen LogP contribution in [0.3, 0.4) is 0 Å². The van der Waals surface area contributed by atoms with E-state index in [9.17, 15) is 10.1 Å². The van der Waals surface area contributed by atoms with Gasteiger partial charge in [-0.15, -0.1) is 0 Å². The van der Waals surface area contributed by atoms with Gasteiger partial charge in [0.05, 0.1) is 4.92 Å². The van der Waals surface area contributed by atoms with Gasteiger partial charge in [0.15, 0.2) is 0 Å². The fourth-order valence-electron chi connectivity index (χ4n) is 2.56.